The minimum Gasteiger partial charge on any atom is -0.460 e. The zero-order chi connectivity index (χ0) is 20.5. The Morgan fingerprint density at radius 1 is 1.13 bits per heavy atom. The summed E-state index contributed by atoms with van der Waals surface area (Å²) in [7, 11) is 0. The van der Waals surface area contributed by atoms with Crippen molar-refractivity contribution < 1.29 is 4.42 Å². The topological polar surface area (TPSA) is 75.0 Å². The average molecular weight is 419 g/mol. The molecule has 0 spiro atoms. The van der Waals surface area contributed by atoms with Crippen LogP contribution in [0.2, 0.25) is 5.02 Å². The highest BCUT2D eigenvalue weighted by molar-refractivity contribution is 6.30. The van der Waals surface area contributed by atoms with Crippen molar-refractivity contribution in [3.63, 3.8) is 0 Å². The first-order valence-corrected chi connectivity index (χ1v) is 10.1. The highest BCUT2D eigenvalue weighted by Crippen LogP contribution is 2.26. The summed E-state index contributed by atoms with van der Waals surface area (Å²) in [5.41, 5.74) is 3.23. The predicted octanol–water partition coefficient (Wildman–Crippen LogP) is 4.30. The maximum atomic E-state index is 12.7. The molecule has 3 aromatic heterocycles. The van der Waals surface area contributed by atoms with Crippen LogP contribution in [-0.2, 0) is 19.5 Å². The zero-order valence-corrected chi connectivity index (χ0v) is 16.9. The number of rotatable bonds is 4. The normalized spacial score (nSPS) is 13.9. The fourth-order valence-corrected chi connectivity index (χ4v) is 3.93. The molecule has 0 amide bonds. The number of nitrogens with one attached hydrogen (secondary N) is 1. The summed E-state index contributed by atoms with van der Waals surface area (Å²) in [6.07, 6.45) is 4.12. The SMILES string of the molecule is O=c1[nH]c(-c2cccnc2)nc2c1CN(Cc1ccc(-c3cccc(Cl)c3)o1)CC2. The molecular weight excluding hydrogens is 400 g/mol. The van der Waals surface area contributed by atoms with Crippen molar-refractivity contribution in [3.8, 4) is 22.7 Å². The number of halogens is 1. The lowest BCUT2D eigenvalue weighted by Gasteiger charge is -2.26. The first-order valence-electron chi connectivity index (χ1n) is 9.75. The Balaban J connectivity index is 1.34. The number of fused-ring (bicyclic) bond motifs is 1. The maximum Gasteiger partial charge on any atom is 0.255 e. The molecule has 0 fully saturated rings. The molecule has 4 heterocycles. The number of furan rings is 1. The molecule has 7 heteroatoms. The van der Waals surface area contributed by atoms with Gasteiger partial charge in [0.25, 0.3) is 5.56 Å². The number of H-pyrrole nitrogens is 1. The number of hydrogen-bond donors (Lipinski definition) is 1. The van der Waals surface area contributed by atoms with Crippen LogP contribution < -0.4 is 5.56 Å². The van der Waals surface area contributed by atoms with E-state index in [1.807, 2.05) is 48.5 Å². The van der Waals surface area contributed by atoms with Crippen LogP contribution in [-0.4, -0.2) is 26.4 Å². The van der Waals surface area contributed by atoms with Gasteiger partial charge in [-0.2, -0.15) is 0 Å². The van der Waals surface area contributed by atoms with E-state index in [0.717, 1.165) is 40.4 Å². The van der Waals surface area contributed by atoms with E-state index in [2.05, 4.69) is 19.9 Å². The molecule has 150 valence electrons. The van der Waals surface area contributed by atoms with E-state index in [4.69, 9.17) is 16.0 Å². The number of pyridine rings is 1. The van der Waals surface area contributed by atoms with Crippen LogP contribution in [0.3, 0.4) is 0 Å². The summed E-state index contributed by atoms with van der Waals surface area (Å²) < 4.78 is 6.01. The quantitative estimate of drug-likeness (QED) is 0.534. The third-order valence-electron chi connectivity index (χ3n) is 5.23. The summed E-state index contributed by atoms with van der Waals surface area (Å²) in [4.78, 5) is 26.6. The van der Waals surface area contributed by atoms with Gasteiger partial charge in [0.2, 0.25) is 0 Å². The van der Waals surface area contributed by atoms with Crippen molar-refractivity contribution in [2.24, 2.45) is 0 Å². The Labute approximate surface area is 178 Å². The van der Waals surface area contributed by atoms with Crippen LogP contribution in [0.15, 0.2) is 70.1 Å². The smallest absolute Gasteiger partial charge is 0.255 e. The summed E-state index contributed by atoms with van der Waals surface area (Å²) >= 11 is 6.08. The van der Waals surface area contributed by atoms with E-state index in [9.17, 15) is 4.79 Å². The summed E-state index contributed by atoms with van der Waals surface area (Å²) in [5.74, 6) is 2.20. The van der Waals surface area contributed by atoms with Crippen LogP contribution in [0, 0.1) is 0 Å². The molecule has 0 radical (unpaired) electrons. The number of aromatic nitrogens is 3. The number of hydrogen-bond acceptors (Lipinski definition) is 5. The first kappa shape index (κ1) is 18.8. The molecule has 0 atom stereocenters. The number of aromatic amines is 1. The molecule has 0 bridgehead atoms. The van der Waals surface area contributed by atoms with Crippen LogP contribution in [0.25, 0.3) is 22.7 Å². The molecule has 5 rings (SSSR count). The van der Waals surface area contributed by atoms with E-state index in [0.29, 0.717) is 30.4 Å². The zero-order valence-electron chi connectivity index (χ0n) is 16.1. The largest absolute Gasteiger partial charge is 0.460 e. The Bertz CT molecular complexity index is 1250. The van der Waals surface area contributed by atoms with E-state index in [1.54, 1.807) is 12.4 Å². The van der Waals surface area contributed by atoms with E-state index < -0.39 is 0 Å². The van der Waals surface area contributed by atoms with Crippen molar-refractivity contribution in [2.45, 2.75) is 19.5 Å². The van der Waals surface area contributed by atoms with Gasteiger partial charge in [0.1, 0.15) is 17.3 Å². The Morgan fingerprint density at radius 2 is 2.03 bits per heavy atom. The Morgan fingerprint density at radius 3 is 2.87 bits per heavy atom. The second kappa shape index (κ2) is 7.89. The molecule has 1 aromatic carbocycles. The van der Waals surface area contributed by atoms with Crippen LogP contribution in [0.4, 0.5) is 0 Å². The summed E-state index contributed by atoms with van der Waals surface area (Å²) in [6, 6.07) is 15.2. The lowest BCUT2D eigenvalue weighted by Crippen LogP contribution is -2.35. The van der Waals surface area contributed by atoms with Gasteiger partial charge in [-0.3, -0.25) is 14.7 Å². The van der Waals surface area contributed by atoms with Crippen LogP contribution >= 0.6 is 11.6 Å². The molecule has 4 aromatic rings. The molecule has 6 nitrogen and oxygen atoms in total. The third-order valence-corrected chi connectivity index (χ3v) is 5.47. The fraction of sp³-hybridized carbons (Fsp3) is 0.174. The standard InChI is InChI=1S/C23H19ClN4O2/c24-17-5-1-3-15(11-17)21-7-6-18(30-21)13-28-10-8-20-19(14-28)23(29)27-22(26-20)16-4-2-9-25-12-16/h1-7,9,11-12H,8,10,13-14H2,(H,26,27,29). The summed E-state index contributed by atoms with van der Waals surface area (Å²) in [5, 5.41) is 0.676. The van der Waals surface area contributed by atoms with Gasteiger partial charge >= 0.3 is 0 Å². The first-order chi connectivity index (χ1) is 14.7. The van der Waals surface area contributed by atoms with Gasteiger partial charge in [0.05, 0.1) is 17.8 Å². The van der Waals surface area contributed by atoms with E-state index in [-0.39, 0.29) is 5.56 Å². The average Bonchev–Trinajstić information content (AvgIpc) is 3.23. The minimum absolute atomic E-state index is 0.0948. The Kier molecular flexibility index (Phi) is 4.94. The number of benzene rings is 1. The monoisotopic (exact) mass is 418 g/mol. The van der Waals surface area contributed by atoms with Crippen LogP contribution in [0.5, 0.6) is 0 Å². The van der Waals surface area contributed by atoms with Crippen molar-refractivity contribution in [1.29, 1.82) is 0 Å². The molecule has 0 saturated heterocycles. The lowest BCUT2D eigenvalue weighted by molar-refractivity contribution is 0.223. The second-order valence-corrected chi connectivity index (χ2v) is 7.75. The number of nitrogens with zero attached hydrogens (tertiary/aromatic N) is 3. The molecule has 1 N–H and O–H groups in total. The van der Waals surface area contributed by atoms with Crippen molar-refractivity contribution in [1.82, 2.24) is 19.9 Å². The van der Waals surface area contributed by atoms with Crippen molar-refractivity contribution in [3.05, 3.63) is 93.3 Å². The van der Waals surface area contributed by atoms with Gasteiger partial charge in [0.15, 0.2) is 0 Å². The van der Waals surface area contributed by atoms with Crippen molar-refractivity contribution in [2.75, 3.05) is 6.54 Å². The highest BCUT2D eigenvalue weighted by atomic mass is 35.5. The van der Waals surface area contributed by atoms with Gasteiger partial charge in [0, 0.05) is 48.1 Å². The molecule has 1 aliphatic rings. The third kappa shape index (κ3) is 3.79. The predicted molar refractivity (Wildman–Crippen MR) is 115 cm³/mol. The van der Waals surface area contributed by atoms with Gasteiger partial charge < -0.3 is 9.40 Å². The highest BCUT2D eigenvalue weighted by Gasteiger charge is 2.22. The molecule has 0 saturated carbocycles. The van der Waals surface area contributed by atoms with E-state index in [1.165, 1.54) is 0 Å². The summed E-state index contributed by atoms with van der Waals surface area (Å²) in [6.45, 7) is 1.98. The minimum atomic E-state index is -0.0948. The molecule has 0 unspecified atom stereocenters. The fourth-order valence-electron chi connectivity index (χ4n) is 3.74. The lowest BCUT2D eigenvalue weighted by atomic mass is 10.1. The van der Waals surface area contributed by atoms with Crippen LogP contribution in [0.1, 0.15) is 17.0 Å². The Hall–Kier alpha value is -3.22. The van der Waals surface area contributed by atoms with Gasteiger partial charge in [-0.05, 0) is 36.4 Å². The van der Waals surface area contributed by atoms with E-state index >= 15 is 0 Å². The molecule has 0 aliphatic carbocycles. The van der Waals surface area contributed by atoms with Gasteiger partial charge in [-0.15, -0.1) is 0 Å². The van der Waals surface area contributed by atoms with Crippen molar-refractivity contribution >= 4 is 11.6 Å². The molecule has 1 aliphatic heterocycles. The van der Waals surface area contributed by atoms with Gasteiger partial charge in [-0.25, -0.2) is 4.98 Å². The molecular formula is C23H19ClN4O2. The second-order valence-electron chi connectivity index (χ2n) is 7.32. The van der Waals surface area contributed by atoms with Gasteiger partial charge in [-0.1, -0.05) is 23.7 Å². The maximum absolute atomic E-state index is 12.7. The molecule has 30 heavy (non-hydrogen) atoms.